The number of nitrogens with one attached hydrogen (secondary N) is 1. The van der Waals surface area contributed by atoms with Crippen LogP contribution >= 0.6 is 0 Å². The molecule has 1 amide bonds. The van der Waals surface area contributed by atoms with Gasteiger partial charge in [0.25, 0.3) is 0 Å². The Morgan fingerprint density at radius 1 is 1.30 bits per heavy atom. The molecule has 108 valence electrons. The Morgan fingerprint density at radius 2 is 2.05 bits per heavy atom. The summed E-state index contributed by atoms with van der Waals surface area (Å²) in [6, 6.07) is 6.39. The predicted molar refractivity (Wildman–Crippen MR) is 77.6 cm³/mol. The Labute approximate surface area is 120 Å². The molecule has 3 rings (SSSR count). The summed E-state index contributed by atoms with van der Waals surface area (Å²) in [5.41, 5.74) is 3.43. The van der Waals surface area contributed by atoms with Crippen molar-refractivity contribution in [3.05, 3.63) is 34.9 Å². The maximum absolute atomic E-state index is 12.1. The summed E-state index contributed by atoms with van der Waals surface area (Å²) in [7, 11) is 0. The Bertz CT molecular complexity index is 521. The molecule has 2 aliphatic rings. The summed E-state index contributed by atoms with van der Waals surface area (Å²) in [6.07, 6.45) is 1.68. The number of nitrogens with zero attached hydrogens (tertiary/aromatic N) is 1. The molecule has 0 atom stereocenters. The average Bonchev–Trinajstić information content (AvgIpc) is 2.71. The quantitative estimate of drug-likeness (QED) is 0.900. The third kappa shape index (κ3) is 2.52. The van der Waals surface area contributed by atoms with Crippen LogP contribution in [0.3, 0.4) is 0 Å². The molecule has 0 saturated carbocycles. The molecule has 1 aromatic rings. The first-order valence-corrected chi connectivity index (χ1v) is 7.33. The van der Waals surface area contributed by atoms with Crippen LogP contribution in [0.5, 0.6) is 0 Å². The highest BCUT2D eigenvalue weighted by molar-refractivity contribution is 5.71. The van der Waals surface area contributed by atoms with E-state index in [1.54, 1.807) is 0 Å². The highest BCUT2D eigenvalue weighted by atomic mass is 16.6. The van der Waals surface area contributed by atoms with E-state index in [1.165, 1.54) is 16.7 Å². The zero-order valence-corrected chi connectivity index (χ0v) is 12.2. The zero-order chi connectivity index (χ0) is 14.2. The van der Waals surface area contributed by atoms with Gasteiger partial charge in [0.2, 0.25) is 0 Å². The first-order valence-electron chi connectivity index (χ1n) is 7.33. The summed E-state index contributed by atoms with van der Waals surface area (Å²) in [6.45, 7) is 7.42. The van der Waals surface area contributed by atoms with E-state index >= 15 is 0 Å². The molecule has 2 aliphatic heterocycles. The van der Waals surface area contributed by atoms with Gasteiger partial charge in [-0.05, 0) is 38.1 Å². The van der Waals surface area contributed by atoms with E-state index in [9.17, 15) is 4.79 Å². The summed E-state index contributed by atoms with van der Waals surface area (Å²) < 4.78 is 5.69. The second-order valence-electron chi connectivity index (χ2n) is 6.09. The standard InChI is InChI=1S/C16H22N2O2/c1-12-3-4-13(2)14(9-12)10-18-11-16(20-15(18)19)5-7-17-8-6-16/h3-4,9,17H,5-8,10-11H2,1-2H3. The van der Waals surface area contributed by atoms with Gasteiger partial charge in [-0.25, -0.2) is 4.79 Å². The number of rotatable bonds is 2. The fourth-order valence-electron chi connectivity index (χ4n) is 3.13. The molecule has 0 aliphatic carbocycles. The van der Waals surface area contributed by atoms with Crippen LogP contribution in [-0.2, 0) is 11.3 Å². The highest BCUT2D eigenvalue weighted by Crippen LogP contribution is 2.32. The van der Waals surface area contributed by atoms with Gasteiger partial charge < -0.3 is 10.1 Å². The average molecular weight is 274 g/mol. The number of amides is 1. The van der Waals surface area contributed by atoms with Gasteiger partial charge in [0.15, 0.2) is 0 Å². The molecule has 2 heterocycles. The van der Waals surface area contributed by atoms with Crippen LogP contribution in [0.1, 0.15) is 29.5 Å². The van der Waals surface area contributed by atoms with E-state index in [4.69, 9.17) is 4.74 Å². The zero-order valence-electron chi connectivity index (χ0n) is 12.2. The van der Waals surface area contributed by atoms with Crippen molar-refractivity contribution in [2.45, 2.75) is 38.8 Å². The molecule has 1 spiro atoms. The molecular formula is C16H22N2O2. The minimum atomic E-state index is -0.250. The Balaban J connectivity index is 1.75. The van der Waals surface area contributed by atoms with Gasteiger partial charge in [0, 0.05) is 19.4 Å². The lowest BCUT2D eigenvalue weighted by Crippen LogP contribution is -2.44. The fraction of sp³-hybridized carbons (Fsp3) is 0.562. The molecule has 0 radical (unpaired) electrons. The van der Waals surface area contributed by atoms with Crippen molar-refractivity contribution in [3.63, 3.8) is 0 Å². The van der Waals surface area contributed by atoms with Gasteiger partial charge >= 0.3 is 6.09 Å². The number of aryl methyl sites for hydroxylation is 2. The largest absolute Gasteiger partial charge is 0.441 e. The van der Waals surface area contributed by atoms with Gasteiger partial charge in [-0.1, -0.05) is 23.8 Å². The topological polar surface area (TPSA) is 41.6 Å². The van der Waals surface area contributed by atoms with Crippen LogP contribution in [0.4, 0.5) is 4.79 Å². The second kappa shape index (κ2) is 5.09. The lowest BCUT2D eigenvalue weighted by molar-refractivity contribution is 0.0316. The minimum absolute atomic E-state index is 0.159. The first-order chi connectivity index (χ1) is 9.58. The van der Waals surface area contributed by atoms with E-state index in [1.807, 2.05) is 4.90 Å². The molecule has 2 saturated heterocycles. The van der Waals surface area contributed by atoms with Gasteiger partial charge in [-0.3, -0.25) is 4.90 Å². The summed E-state index contributed by atoms with van der Waals surface area (Å²) >= 11 is 0. The normalized spacial score (nSPS) is 21.3. The smallest absolute Gasteiger partial charge is 0.410 e. The van der Waals surface area contributed by atoms with E-state index in [-0.39, 0.29) is 11.7 Å². The van der Waals surface area contributed by atoms with Gasteiger partial charge in [-0.15, -0.1) is 0 Å². The Hall–Kier alpha value is -1.55. The minimum Gasteiger partial charge on any atom is -0.441 e. The van der Waals surface area contributed by atoms with Crippen molar-refractivity contribution >= 4 is 6.09 Å². The van der Waals surface area contributed by atoms with E-state index in [0.29, 0.717) is 6.54 Å². The molecule has 0 unspecified atom stereocenters. The number of carbonyl (C=O) groups excluding carboxylic acids is 1. The molecule has 20 heavy (non-hydrogen) atoms. The number of hydrogen-bond donors (Lipinski definition) is 1. The highest BCUT2D eigenvalue weighted by Gasteiger charge is 2.45. The molecule has 0 aromatic heterocycles. The van der Waals surface area contributed by atoms with Crippen LogP contribution in [0, 0.1) is 13.8 Å². The molecule has 4 nitrogen and oxygen atoms in total. The monoisotopic (exact) mass is 274 g/mol. The number of benzene rings is 1. The third-order valence-electron chi connectivity index (χ3n) is 4.42. The molecule has 1 aromatic carbocycles. The summed E-state index contributed by atoms with van der Waals surface area (Å²) in [5, 5.41) is 3.32. The van der Waals surface area contributed by atoms with Gasteiger partial charge in [0.05, 0.1) is 6.54 Å². The third-order valence-corrected chi connectivity index (χ3v) is 4.42. The molecule has 0 bridgehead atoms. The van der Waals surface area contributed by atoms with Crippen LogP contribution in [0.15, 0.2) is 18.2 Å². The van der Waals surface area contributed by atoms with E-state index in [0.717, 1.165) is 32.5 Å². The van der Waals surface area contributed by atoms with Crippen molar-refractivity contribution in [2.75, 3.05) is 19.6 Å². The number of piperidine rings is 1. The van der Waals surface area contributed by atoms with Crippen molar-refractivity contribution in [1.82, 2.24) is 10.2 Å². The Morgan fingerprint density at radius 3 is 2.80 bits per heavy atom. The lowest BCUT2D eigenvalue weighted by atomic mass is 9.92. The van der Waals surface area contributed by atoms with Crippen LogP contribution in [0.2, 0.25) is 0 Å². The molecule has 1 N–H and O–H groups in total. The van der Waals surface area contributed by atoms with E-state index < -0.39 is 0 Å². The van der Waals surface area contributed by atoms with Crippen LogP contribution in [-0.4, -0.2) is 36.2 Å². The van der Waals surface area contributed by atoms with Gasteiger partial charge in [0.1, 0.15) is 5.60 Å². The van der Waals surface area contributed by atoms with Crippen molar-refractivity contribution < 1.29 is 9.53 Å². The lowest BCUT2D eigenvalue weighted by Gasteiger charge is -2.31. The molecular weight excluding hydrogens is 252 g/mol. The second-order valence-corrected chi connectivity index (χ2v) is 6.09. The summed E-state index contributed by atoms with van der Waals surface area (Å²) in [4.78, 5) is 14.0. The van der Waals surface area contributed by atoms with Crippen molar-refractivity contribution in [2.24, 2.45) is 0 Å². The maximum Gasteiger partial charge on any atom is 0.410 e. The first kappa shape index (κ1) is 13.4. The van der Waals surface area contributed by atoms with Crippen LogP contribution in [0.25, 0.3) is 0 Å². The van der Waals surface area contributed by atoms with Gasteiger partial charge in [-0.2, -0.15) is 0 Å². The maximum atomic E-state index is 12.1. The number of hydrogen-bond acceptors (Lipinski definition) is 3. The van der Waals surface area contributed by atoms with Crippen molar-refractivity contribution in [3.8, 4) is 0 Å². The predicted octanol–water partition coefficient (Wildman–Crippen LogP) is 2.38. The van der Waals surface area contributed by atoms with E-state index in [2.05, 4.69) is 37.4 Å². The van der Waals surface area contributed by atoms with Crippen LogP contribution < -0.4 is 5.32 Å². The fourth-order valence-corrected chi connectivity index (χ4v) is 3.13. The number of carbonyl (C=O) groups is 1. The molecule has 4 heteroatoms. The number of ether oxygens (including phenoxy) is 1. The van der Waals surface area contributed by atoms with Crippen molar-refractivity contribution in [1.29, 1.82) is 0 Å². The Kier molecular flexibility index (Phi) is 3.42. The molecule has 2 fully saturated rings. The summed E-state index contributed by atoms with van der Waals surface area (Å²) in [5.74, 6) is 0. The SMILES string of the molecule is Cc1ccc(C)c(CN2CC3(CCNCC3)OC2=O)c1.